The van der Waals surface area contributed by atoms with E-state index in [1.807, 2.05) is 36.4 Å². The molecule has 2 aromatic carbocycles. The van der Waals surface area contributed by atoms with Crippen LogP contribution in [-0.4, -0.2) is 40.2 Å². The van der Waals surface area contributed by atoms with E-state index >= 15 is 0 Å². The van der Waals surface area contributed by atoms with Crippen LogP contribution in [0.3, 0.4) is 0 Å². The van der Waals surface area contributed by atoms with Gasteiger partial charge in [0.05, 0.1) is 18.8 Å². The van der Waals surface area contributed by atoms with E-state index in [1.165, 1.54) is 10.1 Å². The van der Waals surface area contributed by atoms with Crippen LogP contribution in [0.25, 0.3) is 20.5 Å². The monoisotopic (exact) mass is 356 g/mol. The summed E-state index contributed by atoms with van der Waals surface area (Å²) in [5, 5.41) is 30.8. The molecule has 4 nitrogen and oxygen atoms in total. The number of benzene rings is 2. The highest BCUT2D eigenvalue weighted by molar-refractivity contribution is 7.22. The molecule has 1 fully saturated rings. The fourth-order valence-corrected chi connectivity index (χ4v) is 4.41. The normalized spacial score (nSPS) is 26.8. The molecule has 25 heavy (non-hydrogen) atoms. The summed E-state index contributed by atoms with van der Waals surface area (Å²) in [5.41, 5.74) is 1.92. The van der Waals surface area contributed by atoms with Crippen molar-refractivity contribution in [3.63, 3.8) is 0 Å². The lowest BCUT2D eigenvalue weighted by atomic mass is 9.93. The highest BCUT2D eigenvalue weighted by Crippen LogP contribution is 2.37. The van der Waals surface area contributed by atoms with E-state index in [9.17, 15) is 15.3 Å². The van der Waals surface area contributed by atoms with Gasteiger partial charge in [-0.05, 0) is 34.7 Å². The molecule has 2 heterocycles. The fraction of sp³-hybridized carbons (Fsp3) is 0.300. The molecule has 0 saturated carbocycles. The number of hydrogen-bond acceptors (Lipinski definition) is 5. The third-order valence-corrected chi connectivity index (χ3v) is 5.85. The van der Waals surface area contributed by atoms with E-state index in [0.717, 1.165) is 16.0 Å². The Morgan fingerprint density at radius 2 is 1.84 bits per heavy atom. The first-order valence-electron chi connectivity index (χ1n) is 8.37. The molecule has 1 aromatic heterocycles. The molecule has 0 spiro atoms. The maximum Gasteiger partial charge on any atom is 0.109 e. The Bertz CT molecular complexity index is 842. The second kappa shape index (κ2) is 6.86. The number of hydrogen-bond donors (Lipinski definition) is 3. The van der Waals surface area contributed by atoms with Gasteiger partial charge in [-0.3, -0.25) is 0 Å². The van der Waals surface area contributed by atoms with Gasteiger partial charge in [0.25, 0.3) is 0 Å². The first-order chi connectivity index (χ1) is 12.2. The van der Waals surface area contributed by atoms with Crippen molar-refractivity contribution in [3.05, 3.63) is 60.2 Å². The number of aliphatic hydroxyl groups is 3. The highest BCUT2D eigenvalue weighted by atomic mass is 32.1. The van der Waals surface area contributed by atoms with Gasteiger partial charge < -0.3 is 20.1 Å². The second-order valence-electron chi connectivity index (χ2n) is 6.42. The summed E-state index contributed by atoms with van der Waals surface area (Å²) in [4.78, 5) is 1.16. The molecule has 0 bridgehead atoms. The third kappa shape index (κ3) is 3.21. The summed E-state index contributed by atoms with van der Waals surface area (Å²) in [7, 11) is 0. The van der Waals surface area contributed by atoms with E-state index in [1.54, 1.807) is 11.3 Å². The predicted octanol–water partition coefficient (Wildman–Crippen LogP) is 3.11. The van der Waals surface area contributed by atoms with Gasteiger partial charge in [0.2, 0.25) is 0 Å². The van der Waals surface area contributed by atoms with Crippen molar-refractivity contribution in [1.82, 2.24) is 0 Å². The second-order valence-corrected chi connectivity index (χ2v) is 7.51. The molecule has 4 rings (SSSR count). The molecule has 0 unspecified atom stereocenters. The van der Waals surface area contributed by atoms with Crippen molar-refractivity contribution in [1.29, 1.82) is 0 Å². The lowest BCUT2D eigenvalue weighted by molar-refractivity contribution is -0.181. The van der Waals surface area contributed by atoms with Crippen LogP contribution in [0.4, 0.5) is 0 Å². The van der Waals surface area contributed by atoms with Crippen LogP contribution >= 0.6 is 11.3 Å². The van der Waals surface area contributed by atoms with Gasteiger partial charge in [-0.1, -0.05) is 36.4 Å². The smallest absolute Gasteiger partial charge is 0.109 e. The molecular formula is C20H20O4S. The standard InChI is InChI=1S/C20H20O4S/c21-11-17-15(22)10-16(23)20(24-17)14-6-3-5-12(8-14)19-9-13-4-1-2-7-18(13)25-19/h1-9,15-17,20-23H,10-11H2/t15-,16-,17+,20+/m0/s1. The Morgan fingerprint density at radius 1 is 1.00 bits per heavy atom. The van der Waals surface area contributed by atoms with Crippen LogP contribution in [0.2, 0.25) is 0 Å². The van der Waals surface area contributed by atoms with E-state index < -0.39 is 24.4 Å². The maximum atomic E-state index is 10.3. The number of thiophene rings is 1. The van der Waals surface area contributed by atoms with Gasteiger partial charge in [-0.25, -0.2) is 0 Å². The molecule has 3 N–H and O–H groups in total. The molecule has 0 aliphatic carbocycles. The van der Waals surface area contributed by atoms with Crippen LogP contribution < -0.4 is 0 Å². The van der Waals surface area contributed by atoms with Gasteiger partial charge in [0, 0.05) is 16.0 Å². The lowest BCUT2D eigenvalue weighted by Crippen LogP contribution is -2.44. The molecule has 1 saturated heterocycles. The zero-order valence-electron chi connectivity index (χ0n) is 13.6. The summed E-state index contributed by atoms with van der Waals surface area (Å²) in [6.07, 6.45) is -2.66. The van der Waals surface area contributed by atoms with Gasteiger partial charge in [-0.15, -0.1) is 11.3 Å². The molecule has 0 amide bonds. The topological polar surface area (TPSA) is 69.9 Å². The van der Waals surface area contributed by atoms with Crippen molar-refractivity contribution >= 4 is 21.4 Å². The SMILES string of the molecule is OC[C@H]1O[C@H](c2cccc(-c3cc4ccccc4s3)c2)[C@@H](O)C[C@@H]1O. The minimum Gasteiger partial charge on any atom is -0.394 e. The van der Waals surface area contributed by atoms with Crippen LogP contribution in [-0.2, 0) is 4.74 Å². The van der Waals surface area contributed by atoms with Gasteiger partial charge >= 0.3 is 0 Å². The number of rotatable bonds is 3. The largest absolute Gasteiger partial charge is 0.394 e. The summed E-state index contributed by atoms with van der Waals surface area (Å²) >= 11 is 1.73. The quantitative estimate of drug-likeness (QED) is 0.674. The highest BCUT2D eigenvalue weighted by Gasteiger charge is 2.36. The zero-order chi connectivity index (χ0) is 17.4. The zero-order valence-corrected chi connectivity index (χ0v) is 14.4. The molecule has 4 atom stereocenters. The average Bonchev–Trinajstić information content (AvgIpc) is 3.06. The van der Waals surface area contributed by atoms with Crippen molar-refractivity contribution in [2.45, 2.75) is 30.8 Å². The van der Waals surface area contributed by atoms with Crippen LogP contribution in [0, 0.1) is 0 Å². The molecule has 1 aliphatic heterocycles. The van der Waals surface area contributed by atoms with Gasteiger partial charge in [-0.2, -0.15) is 0 Å². The number of fused-ring (bicyclic) bond motifs is 1. The molecule has 3 aromatic rings. The summed E-state index contributed by atoms with van der Waals surface area (Å²) < 4.78 is 6.99. The van der Waals surface area contributed by atoms with Crippen molar-refractivity contribution in [3.8, 4) is 10.4 Å². The minimum atomic E-state index is -0.845. The van der Waals surface area contributed by atoms with E-state index in [4.69, 9.17) is 4.74 Å². The van der Waals surface area contributed by atoms with Crippen LogP contribution in [0.15, 0.2) is 54.6 Å². The lowest BCUT2D eigenvalue weighted by Gasteiger charge is -2.36. The minimum absolute atomic E-state index is 0.197. The Hall–Kier alpha value is -1.76. The molecule has 130 valence electrons. The van der Waals surface area contributed by atoms with Crippen LogP contribution in [0.1, 0.15) is 18.1 Å². The Labute approximate surface area is 149 Å². The molecular weight excluding hydrogens is 336 g/mol. The van der Waals surface area contributed by atoms with Crippen molar-refractivity contribution in [2.75, 3.05) is 6.61 Å². The van der Waals surface area contributed by atoms with E-state index in [2.05, 4.69) is 18.2 Å². The molecule has 1 aliphatic rings. The number of aliphatic hydroxyl groups excluding tert-OH is 3. The Kier molecular flexibility index (Phi) is 4.58. The first-order valence-corrected chi connectivity index (χ1v) is 9.18. The molecule has 5 heteroatoms. The predicted molar refractivity (Wildman–Crippen MR) is 98.6 cm³/mol. The maximum absolute atomic E-state index is 10.3. The van der Waals surface area contributed by atoms with Gasteiger partial charge in [0.1, 0.15) is 12.2 Å². The van der Waals surface area contributed by atoms with Crippen LogP contribution in [0.5, 0.6) is 0 Å². The summed E-state index contributed by atoms with van der Waals surface area (Å²) in [5.74, 6) is 0. The summed E-state index contributed by atoms with van der Waals surface area (Å²) in [6.45, 7) is -0.264. The number of ether oxygens (including phenoxy) is 1. The average molecular weight is 356 g/mol. The van der Waals surface area contributed by atoms with E-state index in [-0.39, 0.29) is 13.0 Å². The van der Waals surface area contributed by atoms with E-state index in [0.29, 0.717) is 0 Å². The molecule has 0 radical (unpaired) electrons. The van der Waals surface area contributed by atoms with Gasteiger partial charge in [0.15, 0.2) is 0 Å². The van der Waals surface area contributed by atoms with Crippen molar-refractivity contribution < 1.29 is 20.1 Å². The Balaban J connectivity index is 1.67. The van der Waals surface area contributed by atoms with Crippen molar-refractivity contribution in [2.24, 2.45) is 0 Å². The fourth-order valence-electron chi connectivity index (χ4n) is 3.35. The first kappa shape index (κ1) is 16.7. The summed E-state index contributed by atoms with van der Waals surface area (Å²) in [6, 6.07) is 18.4. The Morgan fingerprint density at radius 3 is 2.64 bits per heavy atom. The third-order valence-electron chi connectivity index (χ3n) is 4.69.